The van der Waals surface area contributed by atoms with Crippen LogP contribution in [0.15, 0.2) is 0 Å². The highest BCUT2D eigenvalue weighted by atomic mass is 16.4. The van der Waals surface area contributed by atoms with Crippen molar-refractivity contribution in [3.63, 3.8) is 0 Å². The van der Waals surface area contributed by atoms with E-state index in [9.17, 15) is 9.59 Å². The number of ketones is 1. The van der Waals surface area contributed by atoms with E-state index in [0.717, 1.165) is 38.8 Å². The minimum atomic E-state index is -0.696. The number of nitrogens with zero attached hydrogens (tertiary/aromatic N) is 1. The maximum Gasteiger partial charge on any atom is 0.306 e. The number of carbonyl (C=O) groups excluding carboxylic acids is 1. The van der Waals surface area contributed by atoms with Crippen molar-refractivity contribution in [2.75, 3.05) is 20.1 Å². The van der Waals surface area contributed by atoms with Gasteiger partial charge in [-0.15, -0.1) is 0 Å². The van der Waals surface area contributed by atoms with Gasteiger partial charge in [0.15, 0.2) is 0 Å². The third-order valence-corrected chi connectivity index (χ3v) is 4.51. The van der Waals surface area contributed by atoms with Gasteiger partial charge in [-0.3, -0.25) is 9.59 Å². The molecule has 0 aromatic rings. The van der Waals surface area contributed by atoms with Gasteiger partial charge < -0.3 is 10.0 Å². The summed E-state index contributed by atoms with van der Waals surface area (Å²) < 4.78 is 0. The molecule has 0 aromatic heterocycles. The van der Waals surface area contributed by atoms with Crippen LogP contribution in [0.4, 0.5) is 0 Å². The largest absolute Gasteiger partial charge is 0.481 e. The van der Waals surface area contributed by atoms with E-state index in [0.29, 0.717) is 18.6 Å². The van der Waals surface area contributed by atoms with Crippen LogP contribution in [-0.4, -0.2) is 41.9 Å². The summed E-state index contributed by atoms with van der Waals surface area (Å²) in [4.78, 5) is 25.5. The Hall–Kier alpha value is -0.900. The highest BCUT2D eigenvalue weighted by Gasteiger charge is 2.34. The molecule has 102 valence electrons. The SMILES string of the molecule is CN1CCCC(C(=O)C2CCC(C(=O)O)CC2)C1. The van der Waals surface area contributed by atoms with Gasteiger partial charge in [-0.25, -0.2) is 0 Å². The quantitative estimate of drug-likeness (QED) is 0.833. The lowest BCUT2D eigenvalue weighted by atomic mass is 9.76. The van der Waals surface area contributed by atoms with E-state index < -0.39 is 5.97 Å². The second kappa shape index (κ2) is 5.83. The number of hydrogen-bond donors (Lipinski definition) is 1. The molecular weight excluding hydrogens is 230 g/mol. The molecule has 1 unspecified atom stereocenters. The normalized spacial score (nSPS) is 34.2. The molecule has 2 aliphatic rings. The molecule has 1 atom stereocenters. The number of hydrogen-bond acceptors (Lipinski definition) is 3. The predicted molar refractivity (Wildman–Crippen MR) is 68.3 cm³/mol. The fraction of sp³-hybridized carbons (Fsp3) is 0.857. The van der Waals surface area contributed by atoms with E-state index in [1.165, 1.54) is 0 Å². The second-order valence-electron chi connectivity index (χ2n) is 5.89. The van der Waals surface area contributed by atoms with Crippen molar-refractivity contribution in [1.82, 2.24) is 4.90 Å². The summed E-state index contributed by atoms with van der Waals surface area (Å²) in [6, 6.07) is 0. The van der Waals surface area contributed by atoms with E-state index in [4.69, 9.17) is 5.11 Å². The van der Waals surface area contributed by atoms with Crippen molar-refractivity contribution < 1.29 is 14.7 Å². The maximum atomic E-state index is 12.4. The summed E-state index contributed by atoms with van der Waals surface area (Å²) in [6.45, 7) is 1.98. The molecule has 0 bridgehead atoms. The average Bonchev–Trinajstić information content (AvgIpc) is 2.38. The molecule has 0 spiro atoms. The van der Waals surface area contributed by atoms with Crippen LogP contribution >= 0.6 is 0 Å². The number of carbonyl (C=O) groups is 2. The molecule has 1 saturated carbocycles. The van der Waals surface area contributed by atoms with Crippen molar-refractivity contribution in [1.29, 1.82) is 0 Å². The molecule has 18 heavy (non-hydrogen) atoms. The minimum Gasteiger partial charge on any atom is -0.481 e. The zero-order valence-electron chi connectivity index (χ0n) is 11.1. The Labute approximate surface area is 108 Å². The van der Waals surface area contributed by atoms with Gasteiger partial charge in [0.05, 0.1) is 5.92 Å². The number of piperidine rings is 1. The topological polar surface area (TPSA) is 57.6 Å². The van der Waals surface area contributed by atoms with Gasteiger partial charge in [0.1, 0.15) is 5.78 Å². The Morgan fingerprint density at radius 2 is 1.61 bits per heavy atom. The summed E-state index contributed by atoms with van der Waals surface area (Å²) in [5.41, 5.74) is 0. The third kappa shape index (κ3) is 3.10. The van der Waals surface area contributed by atoms with E-state index in [1.807, 2.05) is 0 Å². The number of rotatable bonds is 3. The van der Waals surface area contributed by atoms with E-state index in [-0.39, 0.29) is 17.8 Å². The van der Waals surface area contributed by atoms with E-state index >= 15 is 0 Å². The highest BCUT2D eigenvalue weighted by Crippen LogP contribution is 2.32. The second-order valence-corrected chi connectivity index (χ2v) is 5.89. The zero-order valence-corrected chi connectivity index (χ0v) is 11.1. The molecular formula is C14H23NO3. The van der Waals surface area contributed by atoms with Gasteiger partial charge in [0.2, 0.25) is 0 Å². The Kier molecular flexibility index (Phi) is 4.38. The number of likely N-dealkylation sites (tertiary alicyclic amines) is 1. The van der Waals surface area contributed by atoms with Crippen molar-refractivity contribution in [3.8, 4) is 0 Å². The Bertz CT molecular complexity index is 321. The van der Waals surface area contributed by atoms with Gasteiger partial charge in [0.25, 0.3) is 0 Å². The molecule has 1 aliphatic heterocycles. The minimum absolute atomic E-state index is 0.122. The summed E-state index contributed by atoms with van der Waals surface area (Å²) in [5.74, 6) is -0.209. The first-order chi connectivity index (χ1) is 8.58. The molecule has 1 heterocycles. The third-order valence-electron chi connectivity index (χ3n) is 4.51. The van der Waals surface area contributed by atoms with Gasteiger partial charge in [-0.1, -0.05) is 0 Å². The molecule has 1 saturated heterocycles. The number of aliphatic carboxylic acids is 1. The fourth-order valence-corrected chi connectivity index (χ4v) is 3.36. The Balaban J connectivity index is 1.85. The summed E-state index contributed by atoms with van der Waals surface area (Å²) in [7, 11) is 2.07. The predicted octanol–water partition coefficient (Wildman–Crippen LogP) is 1.79. The first-order valence-electron chi connectivity index (χ1n) is 7.03. The van der Waals surface area contributed by atoms with Gasteiger partial charge in [-0.2, -0.15) is 0 Å². The van der Waals surface area contributed by atoms with Crippen LogP contribution in [0.3, 0.4) is 0 Å². The number of carboxylic acids is 1. The first kappa shape index (κ1) is 13.5. The zero-order chi connectivity index (χ0) is 13.1. The lowest BCUT2D eigenvalue weighted by Crippen LogP contribution is -2.39. The number of Topliss-reactive ketones (excluding diaryl/α,β-unsaturated/α-hetero) is 1. The van der Waals surface area contributed by atoms with Gasteiger partial charge >= 0.3 is 5.97 Å². The molecule has 4 heteroatoms. The van der Waals surface area contributed by atoms with Gasteiger partial charge in [0, 0.05) is 18.4 Å². The van der Waals surface area contributed by atoms with Crippen LogP contribution in [0.1, 0.15) is 38.5 Å². The maximum absolute atomic E-state index is 12.4. The van der Waals surface area contributed by atoms with Crippen LogP contribution in [0.5, 0.6) is 0 Å². The molecule has 2 fully saturated rings. The lowest BCUT2D eigenvalue weighted by molar-refractivity contribution is -0.144. The summed E-state index contributed by atoms with van der Waals surface area (Å²) >= 11 is 0. The average molecular weight is 253 g/mol. The van der Waals surface area contributed by atoms with Crippen LogP contribution in [0.2, 0.25) is 0 Å². The molecule has 1 N–H and O–H groups in total. The smallest absolute Gasteiger partial charge is 0.306 e. The molecule has 0 amide bonds. The monoisotopic (exact) mass is 253 g/mol. The van der Waals surface area contributed by atoms with E-state index in [1.54, 1.807) is 0 Å². The Morgan fingerprint density at radius 3 is 2.17 bits per heavy atom. The first-order valence-corrected chi connectivity index (χ1v) is 7.03. The summed E-state index contributed by atoms with van der Waals surface area (Å²) in [5, 5.41) is 8.95. The molecule has 1 aliphatic carbocycles. The van der Waals surface area contributed by atoms with Crippen LogP contribution in [0, 0.1) is 17.8 Å². The number of carboxylic acid groups (broad SMARTS) is 1. The van der Waals surface area contributed by atoms with Crippen molar-refractivity contribution in [3.05, 3.63) is 0 Å². The lowest BCUT2D eigenvalue weighted by Gasteiger charge is -2.33. The molecule has 4 nitrogen and oxygen atoms in total. The Morgan fingerprint density at radius 1 is 1.00 bits per heavy atom. The summed E-state index contributed by atoms with van der Waals surface area (Å²) in [6.07, 6.45) is 5.02. The molecule has 0 radical (unpaired) electrons. The van der Waals surface area contributed by atoms with Crippen LogP contribution < -0.4 is 0 Å². The molecule has 2 rings (SSSR count). The van der Waals surface area contributed by atoms with Crippen molar-refractivity contribution in [2.45, 2.75) is 38.5 Å². The van der Waals surface area contributed by atoms with Crippen molar-refractivity contribution in [2.24, 2.45) is 17.8 Å². The van der Waals surface area contributed by atoms with Crippen LogP contribution in [0.25, 0.3) is 0 Å². The van der Waals surface area contributed by atoms with E-state index in [2.05, 4.69) is 11.9 Å². The highest BCUT2D eigenvalue weighted by molar-refractivity contribution is 5.84. The van der Waals surface area contributed by atoms with Crippen LogP contribution in [-0.2, 0) is 9.59 Å². The van der Waals surface area contributed by atoms with Crippen molar-refractivity contribution >= 4 is 11.8 Å². The van der Waals surface area contributed by atoms with Gasteiger partial charge in [-0.05, 0) is 52.1 Å². The molecule has 0 aromatic carbocycles. The fourth-order valence-electron chi connectivity index (χ4n) is 3.36. The standard InChI is InChI=1S/C14H23NO3/c1-15-8-2-3-12(9-15)13(16)10-4-6-11(7-5-10)14(17)18/h10-12H,2-9H2,1H3,(H,17,18).